The van der Waals surface area contributed by atoms with Gasteiger partial charge in [-0.25, -0.2) is 4.79 Å². The van der Waals surface area contributed by atoms with Crippen molar-refractivity contribution >= 4 is 34.7 Å². The SMILES string of the molecule is Cc1cc(C(=O)Nc2cccc(NC(=O)Nc3ccccc3)c2)ccc1[N+](=O)[O-]. The number of nitrogens with one attached hydrogen (secondary N) is 3. The highest BCUT2D eigenvalue weighted by atomic mass is 16.6. The van der Waals surface area contributed by atoms with Gasteiger partial charge in [0.2, 0.25) is 0 Å². The van der Waals surface area contributed by atoms with E-state index in [-0.39, 0.29) is 5.69 Å². The number of amides is 3. The monoisotopic (exact) mass is 390 g/mol. The number of carbonyl (C=O) groups excluding carboxylic acids is 2. The first-order valence-electron chi connectivity index (χ1n) is 8.72. The highest BCUT2D eigenvalue weighted by molar-refractivity contribution is 6.05. The largest absolute Gasteiger partial charge is 0.323 e. The predicted octanol–water partition coefficient (Wildman–Crippen LogP) is 4.80. The molecule has 0 aromatic heterocycles. The molecule has 0 atom stereocenters. The van der Waals surface area contributed by atoms with Crippen molar-refractivity contribution in [3.8, 4) is 0 Å². The van der Waals surface area contributed by atoms with E-state index in [1.807, 2.05) is 18.2 Å². The lowest BCUT2D eigenvalue weighted by Gasteiger charge is -2.10. The van der Waals surface area contributed by atoms with Crippen LogP contribution in [0.15, 0.2) is 72.8 Å². The van der Waals surface area contributed by atoms with Crippen LogP contribution in [0.25, 0.3) is 0 Å². The van der Waals surface area contributed by atoms with Gasteiger partial charge in [-0.15, -0.1) is 0 Å². The summed E-state index contributed by atoms with van der Waals surface area (Å²) in [6.45, 7) is 1.57. The third-order valence-electron chi connectivity index (χ3n) is 4.07. The molecule has 3 N–H and O–H groups in total. The van der Waals surface area contributed by atoms with Crippen molar-refractivity contribution < 1.29 is 14.5 Å². The maximum Gasteiger partial charge on any atom is 0.323 e. The number of anilines is 3. The minimum Gasteiger partial charge on any atom is -0.322 e. The summed E-state index contributed by atoms with van der Waals surface area (Å²) < 4.78 is 0. The van der Waals surface area contributed by atoms with Gasteiger partial charge in [-0.05, 0) is 49.4 Å². The Morgan fingerprint density at radius 1 is 0.793 bits per heavy atom. The minimum atomic E-state index is -0.493. The van der Waals surface area contributed by atoms with Crippen molar-refractivity contribution in [2.75, 3.05) is 16.0 Å². The van der Waals surface area contributed by atoms with Crippen LogP contribution < -0.4 is 16.0 Å². The first-order chi connectivity index (χ1) is 13.9. The Labute approximate surface area is 166 Å². The Morgan fingerprint density at radius 3 is 2.07 bits per heavy atom. The molecule has 0 unspecified atom stereocenters. The molecular weight excluding hydrogens is 372 g/mol. The van der Waals surface area contributed by atoms with Crippen LogP contribution in [-0.4, -0.2) is 16.9 Å². The molecule has 0 aliphatic heterocycles. The van der Waals surface area contributed by atoms with Gasteiger partial charge in [0.15, 0.2) is 0 Å². The number of nitro benzene ring substituents is 1. The molecule has 29 heavy (non-hydrogen) atoms. The van der Waals surface area contributed by atoms with E-state index in [1.165, 1.54) is 18.2 Å². The molecule has 0 fully saturated rings. The van der Waals surface area contributed by atoms with Crippen molar-refractivity contribution in [1.82, 2.24) is 0 Å². The maximum absolute atomic E-state index is 12.4. The van der Waals surface area contributed by atoms with Gasteiger partial charge >= 0.3 is 6.03 Å². The molecule has 3 amide bonds. The number of hydrogen-bond acceptors (Lipinski definition) is 4. The Bertz CT molecular complexity index is 1070. The fourth-order valence-electron chi connectivity index (χ4n) is 2.69. The number of urea groups is 1. The van der Waals surface area contributed by atoms with E-state index in [0.717, 1.165) is 0 Å². The average molecular weight is 390 g/mol. The highest BCUT2D eigenvalue weighted by Gasteiger charge is 2.14. The molecule has 8 heteroatoms. The molecule has 0 saturated heterocycles. The Morgan fingerprint density at radius 2 is 1.41 bits per heavy atom. The molecule has 146 valence electrons. The van der Waals surface area contributed by atoms with E-state index in [1.54, 1.807) is 43.3 Å². The van der Waals surface area contributed by atoms with Gasteiger partial charge in [0.25, 0.3) is 11.6 Å². The zero-order valence-corrected chi connectivity index (χ0v) is 15.5. The third-order valence-corrected chi connectivity index (χ3v) is 4.07. The third kappa shape index (κ3) is 5.16. The fraction of sp³-hybridized carbons (Fsp3) is 0.0476. The second-order valence-corrected chi connectivity index (χ2v) is 6.24. The Hall–Kier alpha value is -4.20. The van der Waals surface area contributed by atoms with Gasteiger partial charge in [0, 0.05) is 34.3 Å². The fourth-order valence-corrected chi connectivity index (χ4v) is 2.69. The van der Waals surface area contributed by atoms with Crippen molar-refractivity contribution in [3.05, 3.63) is 94.0 Å². The Balaban J connectivity index is 1.66. The van der Waals surface area contributed by atoms with Crippen LogP contribution in [0.4, 0.5) is 27.5 Å². The quantitative estimate of drug-likeness (QED) is 0.429. The lowest BCUT2D eigenvalue weighted by molar-refractivity contribution is -0.385. The second kappa shape index (κ2) is 8.66. The van der Waals surface area contributed by atoms with Crippen molar-refractivity contribution in [1.29, 1.82) is 0 Å². The molecule has 0 spiro atoms. The van der Waals surface area contributed by atoms with Crippen molar-refractivity contribution in [2.45, 2.75) is 6.92 Å². The van der Waals surface area contributed by atoms with E-state index in [2.05, 4.69) is 16.0 Å². The lowest BCUT2D eigenvalue weighted by atomic mass is 10.1. The molecule has 3 aromatic carbocycles. The molecule has 0 heterocycles. The van der Waals surface area contributed by atoms with E-state index < -0.39 is 16.9 Å². The number of benzene rings is 3. The van der Waals surface area contributed by atoms with Crippen LogP contribution in [-0.2, 0) is 0 Å². The second-order valence-electron chi connectivity index (χ2n) is 6.24. The van der Waals surface area contributed by atoms with Gasteiger partial charge in [-0.1, -0.05) is 24.3 Å². The van der Waals surface area contributed by atoms with Crippen LogP contribution in [0.2, 0.25) is 0 Å². The molecule has 0 aliphatic carbocycles. The van der Waals surface area contributed by atoms with Gasteiger partial charge in [0.05, 0.1) is 4.92 Å². The minimum absolute atomic E-state index is 0.0443. The van der Waals surface area contributed by atoms with E-state index in [0.29, 0.717) is 28.2 Å². The highest BCUT2D eigenvalue weighted by Crippen LogP contribution is 2.21. The zero-order chi connectivity index (χ0) is 20.8. The van der Waals surface area contributed by atoms with Crippen LogP contribution in [0, 0.1) is 17.0 Å². The summed E-state index contributed by atoms with van der Waals surface area (Å²) >= 11 is 0. The molecule has 3 aromatic rings. The summed E-state index contributed by atoms with van der Waals surface area (Å²) in [5.74, 6) is -0.408. The maximum atomic E-state index is 12.4. The summed E-state index contributed by atoms with van der Waals surface area (Å²) in [6.07, 6.45) is 0. The van der Waals surface area contributed by atoms with Gasteiger partial charge in [-0.2, -0.15) is 0 Å². The first-order valence-corrected chi connectivity index (χ1v) is 8.72. The van der Waals surface area contributed by atoms with Crippen LogP contribution in [0.5, 0.6) is 0 Å². The van der Waals surface area contributed by atoms with Gasteiger partial charge in [-0.3, -0.25) is 14.9 Å². The molecule has 0 aliphatic rings. The zero-order valence-electron chi connectivity index (χ0n) is 15.5. The van der Waals surface area contributed by atoms with Gasteiger partial charge in [0.1, 0.15) is 0 Å². The lowest BCUT2D eigenvalue weighted by Crippen LogP contribution is -2.19. The van der Waals surface area contributed by atoms with Crippen LogP contribution >= 0.6 is 0 Å². The summed E-state index contributed by atoms with van der Waals surface area (Å²) in [5, 5.41) is 19.0. The molecule has 0 bridgehead atoms. The molecule has 0 saturated carbocycles. The van der Waals surface area contributed by atoms with Gasteiger partial charge < -0.3 is 16.0 Å². The number of carbonyl (C=O) groups is 2. The average Bonchev–Trinajstić information content (AvgIpc) is 2.68. The summed E-state index contributed by atoms with van der Waals surface area (Å²) in [5.41, 5.74) is 2.28. The predicted molar refractivity (Wildman–Crippen MR) is 111 cm³/mol. The number of aryl methyl sites for hydroxylation is 1. The Kier molecular flexibility index (Phi) is 5.84. The summed E-state index contributed by atoms with van der Waals surface area (Å²) in [7, 11) is 0. The van der Waals surface area contributed by atoms with E-state index in [9.17, 15) is 19.7 Å². The van der Waals surface area contributed by atoms with Crippen molar-refractivity contribution in [3.63, 3.8) is 0 Å². The first kappa shape index (κ1) is 19.6. The topological polar surface area (TPSA) is 113 Å². The number of para-hydroxylation sites is 1. The standard InChI is InChI=1S/C21H18N4O4/c1-14-12-15(10-11-19(14)25(28)29)20(26)22-17-8-5-9-18(13-17)24-21(27)23-16-6-3-2-4-7-16/h2-13H,1H3,(H,22,26)(H2,23,24,27). The molecule has 8 nitrogen and oxygen atoms in total. The number of nitro groups is 1. The number of nitrogens with zero attached hydrogens (tertiary/aromatic N) is 1. The normalized spacial score (nSPS) is 10.1. The number of hydrogen-bond donors (Lipinski definition) is 3. The smallest absolute Gasteiger partial charge is 0.322 e. The van der Waals surface area contributed by atoms with Crippen LogP contribution in [0.1, 0.15) is 15.9 Å². The van der Waals surface area contributed by atoms with E-state index >= 15 is 0 Å². The van der Waals surface area contributed by atoms with E-state index in [4.69, 9.17) is 0 Å². The molecular formula is C21H18N4O4. The summed E-state index contributed by atoms with van der Waals surface area (Å²) in [6, 6.07) is 19.4. The van der Waals surface area contributed by atoms with Crippen molar-refractivity contribution in [2.24, 2.45) is 0 Å². The molecule has 0 radical (unpaired) electrons. The summed E-state index contributed by atoms with van der Waals surface area (Å²) in [4.78, 5) is 34.9. The van der Waals surface area contributed by atoms with Crippen LogP contribution in [0.3, 0.4) is 0 Å². The molecule has 3 rings (SSSR count). The number of rotatable bonds is 5.